The number of carboxylic acid groups (broad SMARTS) is 1. The van der Waals surface area contributed by atoms with Gasteiger partial charge in [-0.15, -0.1) is 0 Å². The molecular weight excluding hydrogens is 244 g/mol. The van der Waals surface area contributed by atoms with Gasteiger partial charge in [-0.2, -0.15) is 0 Å². The fourth-order valence-electron chi connectivity index (χ4n) is 2.14. The number of rotatable bonds is 8. The van der Waals surface area contributed by atoms with Crippen LogP contribution in [0.15, 0.2) is 0 Å². The first-order valence-electron chi connectivity index (χ1n) is 7.11. The molecule has 0 rings (SSSR count). The van der Waals surface area contributed by atoms with Gasteiger partial charge in [0.05, 0.1) is 0 Å². The highest BCUT2D eigenvalue weighted by atomic mass is 16.4. The molecule has 3 N–H and O–H groups in total. The molecule has 1 unspecified atom stereocenters. The first-order valence-corrected chi connectivity index (χ1v) is 7.11. The van der Waals surface area contributed by atoms with E-state index in [1.807, 2.05) is 34.6 Å². The largest absolute Gasteiger partial charge is 0.480 e. The lowest BCUT2D eigenvalue weighted by Crippen LogP contribution is -2.54. The molecule has 0 aromatic carbocycles. The number of carboxylic acids is 1. The first-order chi connectivity index (χ1) is 8.80. The van der Waals surface area contributed by atoms with Gasteiger partial charge in [-0.1, -0.05) is 34.6 Å². The molecular formula is C14H28N2O3. The lowest BCUT2D eigenvalue weighted by molar-refractivity contribution is -0.139. The molecule has 0 aliphatic rings. The van der Waals surface area contributed by atoms with E-state index >= 15 is 0 Å². The Kier molecular flexibility index (Phi) is 7.49. The smallest absolute Gasteiger partial charge is 0.326 e. The molecule has 19 heavy (non-hydrogen) atoms. The van der Waals surface area contributed by atoms with Crippen molar-refractivity contribution in [3.05, 3.63) is 0 Å². The summed E-state index contributed by atoms with van der Waals surface area (Å²) in [5.74, 6) is -0.770. The fraction of sp³-hybridized carbons (Fsp3) is 0.857. The van der Waals surface area contributed by atoms with Crippen molar-refractivity contribution in [3.63, 3.8) is 0 Å². The molecule has 2 amide bonds. The van der Waals surface area contributed by atoms with E-state index in [0.717, 1.165) is 19.3 Å². The summed E-state index contributed by atoms with van der Waals surface area (Å²) in [6.07, 6.45) is 2.92. The molecule has 0 saturated heterocycles. The van der Waals surface area contributed by atoms with Crippen molar-refractivity contribution in [1.82, 2.24) is 10.6 Å². The van der Waals surface area contributed by atoms with Gasteiger partial charge in [0.25, 0.3) is 0 Å². The lowest BCUT2D eigenvalue weighted by Gasteiger charge is -2.32. The maximum atomic E-state index is 11.9. The highest BCUT2D eigenvalue weighted by molar-refractivity contribution is 5.82. The zero-order valence-electron chi connectivity index (χ0n) is 12.7. The minimum Gasteiger partial charge on any atom is -0.480 e. The van der Waals surface area contributed by atoms with Crippen LogP contribution in [-0.4, -0.2) is 28.7 Å². The Balaban J connectivity index is 4.61. The number of aliphatic carboxylic acids is 1. The Morgan fingerprint density at radius 1 is 1.11 bits per heavy atom. The summed E-state index contributed by atoms with van der Waals surface area (Å²) in [6.45, 7) is 9.94. The zero-order chi connectivity index (χ0) is 15.1. The molecule has 0 radical (unpaired) electrons. The van der Waals surface area contributed by atoms with E-state index in [1.165, 1.54) is 0 Å². The highest BCUT2D eigenvalue weighted by Crippen LogP contribution is 2.19. The maximum Gasteiger partial charge on any atom is 0.326 e. The van der Waals surface area contributed by atoms with Gasteiger partial charge in [0.1, 0.15) is 6.04 Å². The standard InChI is InChI=1S/C14H28N2O3/c1-6-14(7-2,8-3)16-13(19)15-11(12(17)18)9-10(4)5/h10-11H,6-9H2,1-5H3,(H,17,18)(H2,15,16,19). The van der Waals surface area contributed by atoms with Crippen molar-refractivity contribution < 1.29 is 14.7 Å². The van der Waals surface area contributed by atoms with E-state index in [9.17, 15) is 9.59 Å². The van der Waals surface area contributed by atoms with Gasteiger partial charge >= 0.3 is 12.0 Å². The monoisotopic (exact) mass is 272 g/mol. The van der Waals surface area contributed by atoms with Gasteiger partial charge in [-0.3, -0.25) is 0 Å². The third kappa shape index (κ3) is 5.94. The average molecular weight is 272 g/mol. The molecule has 0 aliphatic carbocycles. The van der Waals surface area contributed by atoms with E-state index in [-0.39, 0.29) is 11.5 Å². The van der Waals surface area contributed by atoms with Crippen molar-refractivity contribution >= 4 is 12.0 Å². The van der Waals surface area contributed by atoms with Crippen LogP contribution in [0, 0.1) is 5.92 Å². The number of carbonyl (C=O) groups excluding carboxylic acids is 1. The zero-order valence-corrected chi connectivity index (χ0v) is 12.7. The van der Waals surface area contributed by atoms with Crippen molar-refractivity contribution in [2.75, 3.05) is 0 Å². The topological polar surface area (TPSA) is 78.4 Å². The predicted molar refractivity (Wildman–Crippen MR) is 76.2 cm³/mol. The average Bonchev–Trinajstić information content (AvgIpc) is 2.34. The fourth-order valence-corrected chi connectivity index (χ4v) is 2.14. The lowest BCUT2D eigenvalue weighted by atomic mass is 9.90. The Morgan fingerprint density at radius 3 is 1.89 bits per heavy atom. The number of nitrogens with one attached hydrogen (secondary N) is 2. The highest BCUT2D eigenvalue weighted by Gasteiger charge is 2.28. The number of carbonyl (C=O) groups is 2. The van der Waals surface area contributed by atoms with Crippen LogP contribution >= 0.6 is 0 Å². The third-order valence-corrected chi connectivity index (χ3v) is 3.72. The van der Waals surface area contributed by atoms with Crippen molar-refractivity contribution in [3.8, 4) is 0 Å². The molecule has 0 aromatic heterocycles. The number of urea groups is 1. The van der Waals surface area contributed by atoms with Crippen molar-refractivity contribution in [2.45, 2.75) is 71.9 Å². The van der Waals surface area contributed by atoms with Crippen LogP contribution in [0.2, 0.25) is 0 Å². The van der Waals surface area contributed by atoms with Gasteiger partial charge in [-0.25, -0.2) is 9.59 Å². The summed E-state index contributed by atoms with van der Waals surface area (Å²) < 4.78 is 0. The molecule has 0 aliphatic heterocycles. The third-order valence-electron chi connectivity index (χ3n) is 3.72. The summed E-state index contributed by atoms with van der Waals surface area (Å²) >= 11 is 0. The van der Waals surface area contributed by atoms with Crippen LogP contribution in [0.4, 0.5) is 4.79 Å². The normalized spacial score (nSPS) is 13.2. The summed E-state index contributed by atoms with van der Waals surface area (Å²) in [7, 11) is 0. The van der Waals surface area contributed by atoms with Crippen LogP contribution in [0.5, 0.6) is 0 Å². The minimum atomic E-state index is -0.987. The quantitative estimate of drug-likeness (QED) is 0.635. The Hall–Kier alpha value is -1.26. The Bertz CT molecular complexity index is 291. The molecule has 0 spiro atoms. The van der Waals surface area contributed by atoms with Gasteiger partial charge in [0.15, 0.2) is 0 Å². The van der Waals surface area contributed by atoms with Crippen LogP contribution in [0.1, 0.15) is 60.3 Å². The van der Waals surface area contributed by atoms with E-state index in [1.54, 1.807) is 0 Å². The Labute approximate surface area is 116 Å². The van der Waals surface area contributed by atoms with Crippen LogP contribution in [-0.2, 0) is 4.79 Å². The van der Waals surface area contributed by atoms with E-state index < -0.39 is 18.0 Å². The number of hydrogen-bond acceptors (Lipinski definition) is 2. The van der Waals surface area contributed by atoms with E-state index in [2.05, 4.69) is 10.6 Å². The molecule has 0 fully saturated rings. The summed E-state index contributed by atoms with van der Waals surface area (Å²) in [4.78, 5) is 23.0. The van der Waals surface area contributed by atoms with Gasteiger partial charge in [0, 0.05) is 5.54 Å². The minimum absolute atomic E-state index is 0.217. The first kappa shape index (κ1) is 17.7. The molecule has 1 atom stereocenters. The molecule has 112 valence electrons. The van der Waals surface area contributed by atoms with E-state index in [0.29, 0.717) is 6.42 Å². The van der Waals surface area contributed by atoms with Gasteiger partial charge in [-0.05, 0) is 31.6 Å². The second kappa shape index (κ2) is 8.02. The molecule has 5 nitrogen and oxygen atoms in total. The van der Waals surface area contributed by atoms with Gasteiger partial charge in [0.2, 0.25) is 0 Å². The van der Waals surface area contributed by atoms with Crippen LogP contribution in [0.25, 0.3) is 0 Å². The Morgan fingerprint density at radius 2 is 1.58 bits per heavy atom. The van der Waals surface area contributed by atoms with E-state index in [4.69, 9.17) is 5.11 Å². The van der Waals surface area contributed by atoms with Crippen LogP contribution < -0.4 is 10.6 Å². The van der Waals surface area contributed by atoms with Crippen molar-refractivity contribution in [2.24, 2.45) is 5.92 Å². The molecule has 0 aromatic rings. The molecule has 5 heteroatoms. The number of amides is 2. The predicted octanol–water partition coefficient (Wildman–Crippen LogP) is 2.75. The van der Waals surface area contributed by atoms with Crippen molar-refractivity contribution in [1.29, 1.82) is 0 Å². The summed E-state index contributed by atoms with van der Waals surface area (Å²) in [5.41, 5.74) is -0.245. The summed E-state index contributed by atoms with van der Waals surface area (Å²) in [6, 6.07) is -1.22. The second-order valence-corrected chi connectivity index (χ2v) is 5.46. The van der Waals surface area contributed by atoms with Crippen LogP contribution in [0.3, 0.4) is 0 Å². The van der Waals surface area contributed by atoms with Gasteiger partial charge < -0.3 is 15.7 Å². The molecule has 0 bridgehead atoms. The summed E-state index contributed by atoms with van der Waals surface area (Å²) in [5, 5.41) is 14.6. The maximum absolute atomic E-state index is 11.9. The second-order valence-electron chi connectivity index (χ2n) is 5.46. The SMILES string of the molecule is CCC(CC)(CC)NC(=O)NC(CC(C)C)C(=O)O. The molecule has 0 heterocycles. The molecule has 0 saturated carbocycles. The number of hydrogen-bond donors (Lipinski definition) is 3.